The molecule has 0 fully saturated rings. The number of para-hydroxylation sites is 1. The number of guanidine groups is 1. The van der Waals surface area contributed by atoms with Gasteiger partial charge in [0, 0.05) is 42.6 Å². The van der Waals surface area contributed by atoms with E-state index in [0.29, 0.717) is 12.2 Å². The average Bonchev–Trinajstić information content (AvgIpc) is 3.38. The van der Waals surface area contributed by atoms with Crippen LogP contribution in [0.15, 0.2) is 66.0 Å². The molecule has 32 heavy (non-hydrogen) atoms. The molecule has 0 spiro atoms. The van der Waals surface area contributed by atoms with Gasteiger partial charge < -0.3 is 20.2 Å². The lowest BCUT2D eigenvalue weighted by atomic mass is 10.1. The van der Waals surface area contributed by atoms with E-state index in [-0.39, 0.29) is 29.8 Å². The summed E-state index contributed by atoms with van der Waals surface area (Å²) in [6.45, 7) is 5.77. The molecule has 6 nitrogen and oxygen atoms in total. The molecule has 0 aliphatic heterocycles. The summed E-state index contributed by atoms with van der Waals surface area (Å²) in [5.74, 6) is 1.18. The molecule has 168 valence electrons. The minimum Gasteiger partial charge on any atom is -0.361 e. The van der Waals surface area contributed by atoms with Gasteiger partial charge in [0.2, 0.25) is 0 Å². The van der Waals surface area contributed by atoms with Crippen molar-refractivity contribution in [3.05, 3.63) is 83.8 Å². The summed E-state index contributed by atoms with van der Waals surface area (Å²) in [6.07, 6.45) is 6.36. The average molecular weight is 546 g/mol. The van der Waals surface area contributed by atoms with Gasteiger partial charge in [-0.05, 0) is 49.6 Å². The van der Waals surface area contributed by atoms with Crippen LogP contribution in [0.3, 0.4) is 0 Å². The Hall–Kier alpha value is -2.88. The van der Waals surface area contributed by atoms with Crippen molar-refractivity contribution in [3.63, 3.8) is 0 Å². The summed E-state index contributed by atoms with van der Waals surface area (Å²) >= 11 is 0. The largest absolute Gasteiger partial charge is 0.361 e. The Morgan fingerprint density at radius 3 is 2.78 bits per heavy atom. The van der Waals surface area contributed by atoms with Gasteiger partial charge in [0.05, 0.1) is 12.2 Å². The number of rotatable bonds is 7. The number of hydrogen-bond donors (Lipinski definition) is 3. The van der Waals surface area contributed by atoms with Crippen LogP contribution in [-0.2, 0) is 13.0 Å². The molecule has 2 aromatic heterocycles. The highest BCUT2D eigenvalue weighted by Gasteiger charge is 2.08. The Bertz CT molecular complexity index is 1200. The Morgan fingerprint density at radius 1 is 1.19 bits per heavy atom. The number of imidazole rings is 1. The number of hydrogen-bond acceptors (Lipinski definition) is 2. The molecule has 0 unspecified atom stereocenters. The lowest BCUT2D eigenvalue weighted by Gasteiger charge is -2.12. The lowest BCUT2D eigenvalue weighted by Crippen LogP contribution is -2.38. The van der Waals surface area contributed by atoms with E-state index in [1.165, 1.54) is 17.0 Å². The first kappa shape index (κ1) is 23.8. The molecule has 0 aliphatic carbocycles. The van der Waals surface area contributed by atoms with Gasteiger partial charge in [0.1, 0.15) is 11.6 Å². The zero-order valence-corrected chi connectivity index (χ0v) is 20.6. The second-order valence-corrected chi connectivity index (χ2v) is 7.36. The van der Waals surface area contributed by atoms with Crippen molar-refractivity contribution in [2.24, 2.45) is 4.99 Å². The number of fused-ring (bicyclic) bond motifs is 1. The first-order valence-corrected chi connectivity index (χ1v) is 10.5. The van der Waals surface area contributed by atoms with Gasteiger partial charge in [0.25, 0.3) is 0 Å². The topological polar surface area (TPSA) is 70.0 Å². The fourth-order valence-electron chi connectivity index (χ4n) is 3.64. The van der Waals surface area contributed by atoms with Gasteiger partial charge in [-0.2, -0.15) is 0 Å². The highest BCUT2D eigenvalue weighted by Crippen LogP contribution is 2.18. The number of aromatic nitrogens is 3. The van der Waals surface area contributed by atoms with Crippen LogP contribution >= 0.6 is 24.0 Å². The van der Waals surface area contributed by atoms with Crippen LogP contribution < -0.4 is 10.6 Å². The van der Waals surface area contributed by atoms with Crippen molar-refractivity contribution < 1.29 is 4.39 Å². The third-order valence-electron chi connectivity index (χ3n) is 5.22. The Balaban J connectivity index is 0.00000289. The standard InChI is InChI=1S/C24H27FN6.HI/c1-3-26-24(28-11-10-19-16-29-22-7-5-4-6-20(19)22)30-15-18-8-9-23(21(25)14-18)31-13-12-27-17(31)2;/h4-9,12-14,16,29H,3,10-11,15H2,1-2H3,(H2,26,28,30);1H. The van der Waals surface area contributed by atoms with Crippen molar-refractivity contribution >= 4 is 40.8 Å². The fraction of sp³-hybridized carbons (Fsp3) is 0.250. The third-order valence-corrected chi connectivity index (χ3v) is 5.22. The number of aryl methyl sites for hydroxylation is 1. The second-order valence-electron chi connectivity index (χ2n) is 7.36. The Kier molecular flexibility index (Phi) is 8.26. The molecule has 0 saturated carbocycles. The summed E-state index contributed by atoms with van der Waals surface area (Å²) in [6, 6.07) is 13.5. The van der Waals surface area contributed by atoms with Gasteiger partial charge >= 0.3 is 0 Å². The first-order chi connectivity index (χ1) is 15.2. The Morgan fingerprint density at radius 2 is 2.03 bits per heavy atom. The third kappa shape index (κ3) is 5.48. The molecule has 3 N–H and O–H groups in total. The van der Waals surface area contributed by atoms with Crippen LogP contribution in [0.25, 0.3) is 16.6 Å². The number of nitrogens with zero attached hydrogens (tertiary/aromatic N) is 3. The van der Waals surface area contributed by atoms with Crippen LogP contribution in [0.1, 0.15) is 23.9 Å². The SMILES string of the molecule is CCNC(=NCc1ccc(-n2ccnc2C)c(F)c1)NCCc1c[nH]c2ccccc12.I. The van der Waals surface area contributed by atoms with Crippen LogP contribution in [0.4, 0.5) is 4.39 Å². The van der Waals surface area contributed by atoms with Crippen molar-refractivity contribution in [2.75, 3.05) is 13.1 Å². The zero-order chi connectivity index (χ0) is 21.6. The molecule has 0 radical (unpaired) electrons. The van der Waals surface area contributed by atoms with Crippen molar-refractivity contribution in [2.45, 2.75) is 26.8 Å². The smallest absolute Gasteiger partial charge is 0.191 e. The molecular weight excluding hydrogens is 518 g/mol. The van der Waals surface area contributed by atoms with E-state index in [1.807, 2.05) is 26.0 Å². The maximum absolute atomic E-state index is 14.6. The Labute approximate surface area is 204 Å². The summed E-state index contributed by atoms with van der Waals surface area (Å²) < 4.78 is 16.4. The van der Waals surface area contributed by atoms with Crippen LogP contribution in [0, 0.1) is 12.7 Å². The first-order valence-electron chi connectivity index (χ1n) is 10.5. The molecule has 4 aromatic rings. The number of aromatic amines is 1. The van der Waals surface area contributed by atoms with Crippen LogP contribution in [0.2, 0.25) is 0 Å². The summed E-state index contributed by atoms with van der Waals surface area (Å²) in [7, 11) is 0. The fourth-order valence-corrected chi connectivity index (χ4v) is 3.64. The van der Waals surface area contributed by atoms with Gasteiger partial charge in [0.15, 0.2) is 5.96 Å². The van der Waals surface area contributed by atoms with E-state index in [2.05, 4.69) is 50.0 Å². The normalized spacial score (nSPS) is 11.4. The van der Waals surface area contributed by atoms with Gasteiger partial charge in [-0.15, -0.1) is 24.0 Å². The highest BCUT2D eigenvalue weighted by atomic mass is 127. The molecule has 8 heteroatoms. The minimum atomic E-state index is -0.286. The molecule has 2 heterocycles. The van der Waals surface area contributed by atoms with E-state index in [4.69, 9.17) is 0 Å². The minimum absolute atomic E-state index is 0. The number of benzene rings is 2. The van der Waals surface area contributed by atoms with E-state index < -0.39 is 0 Å². The van der Waals surface area contributed by atoms with Crippen LogP contribution in [0.5, 0.6) is 0 Å². The second kappa shape index (κ2) is 11.1. The van der Waals surface area contributed by atoms with E-state index in [1.54, 1.807) is 23.0 Å². The molecule has 0 bridgehead atoms. The molecule has 0 atom stereocenters. The summed E-state index contributed by atoms with van der Waals surface area (Å²) in [4.78, 5) is 12.1. The molecule has 0 aliphatic rings. The monoisotopic (exact) mass is 546 g/mol. The number of halogens is 2. The predicted octanol–water partition coefficient (Wildman–Crippen LogP) is 4.72. The van der Waals surface area contributed by atoms with Gasteiger partial charge in [-0.1, -0.05) is 24.3 Å². The lowest BCUT2D eigenvalue weighted by molar-refractivity contribution is 0.614. The molecule has 2 aromatic carbocycles. The number of nitrogens with one attached hydrogen (secondary N) is 3. The van der Waals surface area contributed by atoms with Crippen molar-refractivity contribution in [3.8, 4) is 5.69 Å². The van der Waals surface area contributed by atoms with Gasteiger partial charge in [-0.25, -0.2) is 14.4 Å². The van der Waals surface area contributed by atoms with E-state index in [9.17, 15) is 4.39 Å². The predicted molar refractivity (Wildman–Crippen MR) is 138 cm³/mol. The number of aliphatic imine (C=N–C) groups is 1. The van der Waals surface area contributed by atoms with Gasteiger partial charge in [-0.3, -0.25) is 0 Å². The highest BCUT2D eigenvalue weighted by molar-refractivity contribution is 14.0. The maximum Gasteiger partial charge on any atom is 0.191 e. The summed E-state index contributed by atoms with van der Waals surface area (Å²) in [5.41, 5.74) is 3.72. The molecule has 4 rings (SSSR count). The van der Waals surface area contributed by atoms with E-state index >= 15 is 0 Å². The molecule has 0 amide bonds. The number of H-pyrrole nitrogens is 1. The van der Waals surface area contributed by atoms with Crippen LogP contribution in [-0.4, -0.2) is 33.6 Å². The zero-order valence-electron chi connectivity index (χ0n) is 18.2. The van der Waals surface area contributed by atoms with Crippen molar-refractivity contribution in [1.29, 1.82) is 0 Å². The maximum atomic E-state index is 14.6. The van der Waals surface area contributed by atoms with E-state index in [0.717, 1.165) is 42.4 Å². The quantitative estimate of drug-likeness (QED) is 0.179. The van der Waals surface area contributed by atoms with Crippen molar-refractivity contribution in [1.82, 2.24) is 25.2 Å². The molecule has 0 saturated heterocycles. The summed E-state index contributed by atoms with van der Waals surface area (Å²) in [5, 5.41) is 7.86. The molecular formula is C24H28FIN6.